The minimum absolute atomic E-state index is 0.918. The summed E-state index contributed by atoms with van der Waals surface area (Å²) in [5.74, 6) is 0.918. The molecule has 0 amide bonds. The molecule has 2 heteroatoms. The molecule has 0 aliphatic heterocycles. The molecule has 0 radical (unpaired) electrons. The van der Waals surface area contributed by atoms with Crippen LogP contribution in [0.3, 0.4) is 0 Å². The van der Waals surface area contributed by atoms with Crippen LogP contribution < -0.4 is 0 Å². The van der Waals surface area contributed by atoms with E-state index < -0.39 is 0 Å². The summed E-state index contributed by atoms with van der Waals surface area (Å²) in [5.41, 5.74) is 28.7. The van der Waals surface area contributed by atoms with Crippen LogP contribution in [0.5, 0.6) is 0 Å². The minimum Gasteiger partial charge on any atom is -0.288 e. The third-order valence-corrected chi connectivity index (χ3v) is 14.4. The van der Waals surface area contributed by atoms with E-state index in [1.54, 1.807) is 0 Å². The van der Waals surface area contributed by atoms with Crippen molar-refractivity contribution in [1.82, 2.24) is 9.55 Å². The maximum Gasteiger partial charge on any atom is 0.145 e. The Hall–Kier alpha value is -9.29. The van der Waals surface area contributed by atoms with Crippen LogP contribution in [0.15, 0.2) is 254 Å². The number of aryl methyl sites for hydroxylation is 1. The van der Waals surface area contributed by atoms with Gasteiger partial charge in [0.05, 0.1) is 17.1 Å². The molecule has 0 spiro atoms. The number of imidazole rings is 1. The van der Waals surface area contributed by atoms with Crippen LogP contribution in [-0.2, 0) is 6.42 Å². The van der Waals surface area contributed by atoms with E-state index in [0.717, 1.165) is 46.7 Å². The molecule has 2 aliphatic carbocycles. The van der Waals surface area contributed by atoms with Crippen molar-refractivity contribution in [1.29, 1.82) is 0 Å². The summed E-state index contributed by atoms with van der Waals surface area (Å²) in [5, 5.41) is 4.82. The molecule has 72 heavy (non-hydrogen) atoms. The van der Waals surface area contributed by atoms with Crippen molar-refractivity contribution in [3.05, 3.63) is 271 Å². The van der Waals surface area contributed by atoms with Gasteiger partial charge in [0.25, 0.3) is 0 Å². The fourth-order valence-corrected chi connectivity index (χ4v) is 11.0. The van der Waals surface area contributed by atoms with Crippen LogP contribution in [0.25, 0.3) is 123 Å². The lowest BCUT2D eigenvalue weighted by Gasteiger charge is -2.21. The van der Waals surface area contributed by atoms with Gasteiger partial charge in [-0.3, -0.25) is 4.57 Å². The standard InChI is InChI=1S/C70H48N2/c1-47-20-14-15-29-61(47)57-41-56(50-25-10-4-11-26-50)44-59(45-57)68-62-30-16-17-31-63(62)69(58-42-54(48-21-6-2-7-22-48)40-55(43-58)49-23-8-3-9-24-49)65-46-53(38-39-64(65)68)51-34-36-52(37-35-51)70-71-66-32-18-19-33-67(66)72(70)60-27-12-5-13-28-60/h2-12,14-18,20-27,29-32,34-46H,19,33H2,1H3. The Morgan fingerprint density at radius 1 is 0.417 bits per heavy atom. The van der Waals surface area contributed by atoms with E-state index in [2.05, 4.69) is 260 Å². The quantitative estimate of drug-likeness (QED) is 0.104. The topological polar surface area (TPSA) is 17.8 Å². The summed E-state index contributed by atoms with van der Waals surface area (Å²) in [4.78, 5) is 5.21. The number of benzene rings is 10. The Morgan fingerprint density at radius 3 is 1.53 bits per heavy atom. The molecule has 0 saturated heterocycles. The summed E-state index contributed by atoms with van der Waals surface area (Å²) < 4.78 is 2.27. The van der Waals surface area contributed by atoms with Gasteiger partial charge in [0, 0.05) is 5.56 Å². The smallest absolute Gasteiger partial charge is 0.145 e. The molecular formula is C70H48N2. The maximum atomic E-state index is 5.21. The number of aromatic nitrogens is 2. The second kappa shape index (κ2) is 18.2. The molecular weight excluding hydrogens is 869 g/mol. The molecule has 1 heterocycles. The molecule has 0 unspecified atom stereocenters. The van der Waals surface area contributed by atoms with Crippen molar-refractivity contribution < 1.29 is 0 Å². The lowest BCUT2D eigenvalue weighted by Crippen LogP contribution is -2.05. The predicted molar refractivity (Wildman–Crippen MR) is 303 cm³/mol. The lowest BCUT2D eigenvalue weighted by molar-refractivity contribution is 0.892. The second-order valence-electron chi connectivity index (χ2n) is 18.9. The van der Waals surface area contributed by atoms with Gasteiger partial charge < -0.3 is 0 Å². The summed E-state index contributed by atoms with van der Waals surface area (Å²) in [6.07, 6.45) is 12.3. The Labute approximate surface area is 420 Å². The van der Waals surface area contributed by atoms with Crippen molar-refractivity contribution in [2.45, 2.75) is 19.8 Å². The lowest BCUT2D eigenvalue weighted by atomic mass is 9.82. The molecule has 338 valence electrons. The van der Waals surface area contributed by atoms with Crippen LogP contribution in [0.1, 0.15) is 23.4 Å². The Kier molecular flexibility index (Phi) is 10.8. The van der Waals surface area contributed by atoms with Crippen LogP contribution in [0, 0.1) is 6.92 Å². The van der Waals surface area contributed by atoms with Crippen molar-refractivity contribution in [3.63, 3.8) is 0 Å². The van der Waals surface area contributed by atoms with E-state index in [9.17, 15) is 0 Å². The largest absolute Gasteiger partial charge is 0.288 e. The minimum atomic E-state index is 0.918. The average molecular weight is 917 g/mol. The normalized spacial score (nSPS) is 12.7. The fourth-order valence-electron chi connectivity index (χ4n) is 11.0. The Bertz CT molecular complexity index is 4020. The van der Waals surface area contributed by atoms with E-state index in [1.807, 2.05) is 12.2 Å². The highest BCUT2D eigenvalue weighted by Crippen LogP contribution is 2.48. The van der Waals surface area contributed by atoms with Gasteiger partial charge in [-0.15, -0.1) is 0 Å². The fraction of sp³-hybridized carbons (Fsp3) is 0.0429. The molecule has 2 nitrogen and oxygen atoms in total. The van der Waals surface area contributed by atoms with Gasteiger partial charge in [-0.05, 0) is 191 Å². The van der Waals surface area contributed by atoms with Crippen LogP contribution in [0.2, 0.25) is 0 Å². The molecule has 11 aromatic rings. The summed E-state index contributed by atoms with van der Waals surface area (Å²) >= 11 is 0. The number of rotatable bonds is 9. The van der Waals surface area contributed by atoms with E-state index in [-0.39, 0.29) is 0 Å². The molecule has 2 aliphatic rings. The zero-order valence-corrected chi connectivity index (χ0v) is 40.0. The first-order valence-electron chi connectivity index (χ1n) is 24.9. The molecule has 0 N–H and O–H groups in total. The van der Waals surface area contributed by atoms with Gasteiger partial charge in [-0.1, -0.05) is 194 Å². The second-order valence-corrected chi connectivity index (χ2v) is 18.9. The molecule has 1 aromatic heterocycles. The number of hydrogen-bond acceptors (Lipinski definition) is 1. The van der Waals surface area contributed by atoms with Gasteiger partial charge in [-0.25, -0.2) is 4.98 Å². The third-order valence-electron chi connectivity index (χ3n) is 14.4. The molecule has 10 aromatic carbocycles. The van der Waals surface area contributed by atoms with Crippen molar-refractivity contribution in [3.8, 4) is 89.3 Å². The average Bonchev–Trinajstić information content (AvgIpc) is 3.85. The summed E-state index contributed by atoms with van der Waals surface area (Å²) in [7, 11) is 0. The van der Waals surface area contributed by atoms with Gasteiger partial charge in [-0.2, -0.15) is 0 Å². The monoisotopic (exact) mass is 916 g/mol. The van der Waals surface area contributed by atoms with Crippen LogP contribution in [0.4, 0.5) is 0 Å². The number of hydrogen-bond donors (Lipinski definition) is 0. The van der Waals surface area contributed by atoms with Gasteiger partial charge in [0.15, 0.2) is 0 Å². The van der Waals surface area contributed by atoms with Crippen molar-refractivity contribution >= 4 is 33.3 Å². The van der Waals surface area contributed by atoms with Gasteiger partial charge in [0.1, 0.15) is 5.82 Å². The first kappa shape index (κ1) is 42.8. The van der Waals surface area contributed by atoms with Crippen LogP contribution >= 0.6 is 0 Å². The van der Waals surface area contributed by atoms with E-state index >= 15 is 0 Å². The van der Waals surface area contributed by atoms with Gasteiger partial charge >= 0.3 is 0 Å². The van der Waals surface area contributed by atoms with E-state index in [1.165, 1.54) is 99.6 Å². The maximum absolute atomic E-state index is 5.21. The highest BCUT2D eigenvalue weighted by molar-refractivity contribution is 6.22. The van der Waals surface area contributed by atoms with Crippen molar-refractivity contribution in [2.24, 2.45) is 0 Å². The number of allylic oxidation sites excluding steroid dienone is 5. The van der Waals surface area contributed by atoms with Crippen molar-refractivity contribution in [2.75, 3.05) is 0 Å². The first-order valence-corrected chi connectivity index (χ1v) is 24.9. The highest BCUT2D eigenvalue weighted by atomic mass is 15.1. The summed E-state index contributed by atoms with van der Waals surface area (Å²) in [6, 6.07) is 80.6. The Balaban J connectivity index is 1.07. The zero-order chi connectivity index (χ0) is 48.0. The predicted octanol–water partition coefficient (Wildman–Crippen LogP) is 18.5. The SMILES string of the molecule is Cc1ccccc1-c1cc(-c2ccccc2)cc(-c2c3ccccc3c(-c3cc(-c4ccccc4)cc(-c4ccccc4)c3)c3cc(-c4ccc(-c5nc6c(n5C5=C=C=CC=C5)CCC=C6)cc4)ccc23)c1. The Morgan fingerprint density at radius 2 is 0.917 bits per heavy atom. The molecule has 0 saturated carbocycles. The van der Waals surface area contributed by atoms with Crippen LogP contribution in [-0.4, -0.2) is 9.55 Å². The molecule has 0 fully saturated rings. The number of nitrogens with zero attached hydrogens (tertiary/aromatic N) is 2. The molecule has 0 bridgehead atoms. The first-order chi connectivity index (χ1) is 35.6. The zero-order valence-electron chi connectivity index (χ0n) is 40.0. The molecule has 0 atom stereocenters. The molecule has 13 rings (SSSR count). The summed E-state index contributed by atoms with van der Waals surface area (Å²) in [6.45, 7) is 2.21. The van der Waals surface area contributed by atoms with E-state index in [0.29, 0.717) is 0 Å². The third kappa shape index (κ3) is 7.79. The number of fused-ring (bicyclic) bond motifs is 3. The van der Waals surface area contributed by atoms with Gasteiger partial charge in [0.2, 0.25) is 0 Å². The highest BCUT2D eigenvalue weighted by Gasteiger charge is 2.23. The van der Waals surface area contributed by atoms with E-state index in [4.69, 9.17) is 4.98 Å².